The van der Waals surface area contributed by atoms with Gasteiger partial charge < -0.3 is 15.5 Å². The number of benzene rings is 1. The molecule has 0 amide bonds. The molecule has 1 aromatic rings. The van der Waals surface area contributed by atoms with Gasteiger partial charge in [-0.2, -0.15) is 0 Å². The van der Waals surface area contributed by atoms with Crippen molar-refractivity contribution in [3.05, 3.63) is 35.4 Å². The van der Waals surface area contributed by atoms with Gasteiger partial charge in [-0.1, -0.05) is 24.3 Å². The maximum absolute atomic E-state index is 10.7. The molecule has 0 radical (unpaired) electrons. The summed E-state index contributed by atoms with van der Waals surface area (Å²) in [7, 11) is 0. The van der Waals surface area contributed by atoms with Crippen molar-refractivity contribution in [1.82, 2.24) is 5.32 Å². The molecule has 3 N–H and O–H groups in total. The van der Waals surface area contributed by atoms with E-state index in [1.165, 1.54) is 0 Å². The van der Waals surface area contributed by atoms with Crippen LogP contribution in [0, 0.1) is 0 Å². The average Bonchev–Trinajstić information content (AvgIpc) is 2.39. The zero-order valence-corrected chi connectivity index (χ0v) is 9.60. The molecule has 4 heteroatoms. The van der Waals surface area contributed by atoms with Crippen LogP contribution in [0.2, 0.25) is 0 Å². The summed E-state index contributed by atoms with van der Waals surface area (Å²) in [6, 6.07) is 7.30. The smallest absolute Gasteiger partial charge is 0.337 e. The van der Waals surface area contributed by atoms with E-state index in [4.69, 9.17) is 5.11 Å². The summed E-state index contributed by atoms with van der Waals surface area (Å²) in [5.74, 6) is -0.732. The van der Waals surface area contributed by atoms with Crippen LogP contribution in [0.1, 0.15) is 36.0 Å². The van der Waals surface area contributed by atoms with E-state index >= 15 is 0 Å². The third-order valence-electron chi connectivity index (χ3n) is 3.27. The summed E-state index contributed by atoms with van der Waals surface area (Å²) in [6.07, 6.45) is 0.704. The van der Waals surface area contributed by atoms with Gasteiger partial charge in [-0.3, -0.25) is 0 Å². The molecule has 1 aliphatic rings. The monoisotopic (exact) mass is 235 g/mol. The molecule has 4 nitrogen and oxygen atoms in total. The Labute approximate surface area is 100 Å². The predicted molar refractivity (Wildman–Crippen MR) is 63.9 cm³/mol. The Morgan fingerprint density at radius 1 is 1.35 bits per heavy atom. The van der Waals surface area contributed by atoms with E-state index in [0.717, 1.165) is 31.5 Å². The molecule has 2 rings (SSSR count). The minimum atomic E-state index is -1.42. The quantitative estimate of drug-likeness (QED) is 0.738. The highest BCUT2D eigenvalue weighted by atomic mass is 16.4. The van der Waals surface area contributed by atoms with Crippen molar-refractivity contribution in [2.75, 3.05) is 13.1 Å². The normalized spacial score (nSPS) is 18.9. The highest BCUT2D eigenvalue weighted by molar-refractivity contribution is 5.74. The minimum Gasteiger partial charge on any atom is -0.479 e. The summed E-state index contributed by atoms with van der Waals surface area (Å²) in [4.78, 5) is 10.7. The van der Waals surface area contributed by atoms with Crippen molar-refractivity contribution >= 4 is 5.97 Å². The summed E-state index contributed by atoms with van der Waals surface area (Å²) < 4.78 is 0. The van der Waals surface area contributed by atoms with Gasteiger partial charge >= 0.3 is 5.97 Å². The lowest BCUT2D eigenvalue weighted by Crippen LogP contribution is -2.26. The first-order valence-corrected chi connectivity index (χ1v) is 5.90. The molecule has 1 atom stereocenters. The Balaban J connectivity index is 2.18. The number of carboxylic acids is 1. The highest BCUT2D eigenvalue weighted by Gasteiger charge is 2.19. The second kappa shape index (κ2) is 5.29. The lowest BCUT2D eigenvalue weighted by atomic mass is 9.89. The van der Waals surface area contributed by atoms with Crippen LogP contribution in [-0.2, 0) is 4.79 Å². The Morgan fingerprint density at radius 2 is 2.06 bits per heavy atom. The molecule has 0 spiro atoms. The van der Waals surface area contributed by atoms with Crippen LogP contribution in [0.3, 0.4) is 0 Å². The third-order valence-corrected chi connectivity index (χ3v) is 3.27. The Bertz CT molecular complexity index is 399. The Morgan fingerprint density at radius 3 is 2.71 bits per heavy atom. The summed E-state index contributed by atoms with van der Waals surface area (Å²) in [5, 5.41) is 21.6. The van der Waals surface area contributed by atoms with E-state index in [9.17, 15) is 9.90 Å². The number of piperidine rings is 1. The van der Waals surface area contributed by atoms with Gasteiger partial charge in [0, 0.05) is 0 Å². The molecule has 1 fully saturated rings. The fourth-order valence-electron chi connectivity index (χ4n) is 2.28. The summed E-state index contributed by atoms with van der Waals surface area (Å²) in [5.41, 5.74) is 1.60. The largest absolute Gasteiger partial charge is 0.479 e. The molecule has 1 aliphatic heterocycles. The molecule has 92 valence electrons. The van der Waals surface area contributed by atoms with E-state index in [0.29, 0.717) is 11.5 Å². The molecule has 1 saturated heterocycles. The van der Waals surface area contributed by atoms with Crippen LogP contribution >= 0.6 is 0 Å². The fraction of sp³-hybridized carbons (Fsp3) is 0.462. The number of carbonyl (C=O) groups is 1. The predicted octanol–water partition coefficient (Wildman–Crippen LogP) is 1.27. The summed E-state index contributed by atoms with van der Waals surface area (Å²) >= 11 is 0. The molecule has 1 aromatic carbocycles. The fourth-order valence-corrected chi connectivity index (χ4v) is 2.28. The topological polar surface area (TPSA) is 69.6 Å². The van der Waals surface area contributed by atoms with Crippen molar-refractivity contribution < 1.29 is 15.0 Å². The van der Waals surface area contributed by atoms with E-state index in [1.807, 2.05) is 18.2 Å². The number of aliphatic hydroxyl groups excluding tert-OH is 1. The van der Waals surface area contributed by atoms with Gasteiger partial charge in [0.05, 0.1) is 0 Å². The lowest BCUT2D eigenvalue weighted by molar-refractivity contribution is -0.146. The van der Waals surface area contributed by atoms with Gasteiger partial charge in [0.2, 0.25) is 0 Å². The van der Waals surface area contributed by atoms with Crippen molar-refractivity contribution in [3.8, 4) is 0 Å². The van der Waals surface area contributed by atoms with Crippen LogP contribution in [0.5, 0.6) is 0 Å². The number of carboxylic acid groups (broad SMARTS) is 1. The van der Waals surface area contributed by atoms with Crippen molar-refractivity contribution in [3.63, 3.8) is 0 Å². The standard InChI is InChI=1S/C13H17NO3/c15-12(13(16)17)11-3-1-2-10(8-11)9-4-6-14-7-5-9/h1-3,8-9,12,14-15H,4-7H2,(H,16,17). The van der Waals surface area contributed by atoms with Crippen LogP contribution in [0.4, 0.5) is 0 Å². The number of rotatable bonds is 3. The number of hydrogen-bond donors (Lipinski definition) is 3. The number of nitrogens with one attached hydrogen (secondary N) is 1. The first-order chi connectivity index (χ1) is 8.18. The first kappa shape index (κ1) is 12.1. The van der Waals surface area contributed by atoms with Gasteiger partial charge in [0.15, 0.2) is 6.10 Å². The van der Waals surface area contributed by atoms with Crippen molar-refractivity contribution in [2.45, 2.75) is 24.9 Å². The van der Waals surface area contributed by atoms with Gasteiger partial charge in [0.25, 0.3) is 0 Å². The lowest BCUT2D eigenvalue weighted by Gasteiger charge is -2.23. The molecular weight excluding hydrogens is 218 g/mol. The SMILES string of the molecule is O=C(O)C(O)c1cccc(C2CCNCC2)c1. The Hall–Kier alpha value is -1.39. The van der Waals surface area contributed by atoms with Crippen LogP contribution in [0.15, 0.2) is 24.3 Å². The molecule has 1 unspecified atom stereocenters. The van der Waals surface area contributed by atoms with Crippen LogP contribution in [-0.4, -0.2) is 29.3 Å². The van der Waals surface area contributed by atoms with E-state index in [1.54, 1.807) is 6.07 Å². The molecule has 0 aliphatic carbocycles. The summed E-state index contributed by atoms with van der Waals surface area (Å²) in [6.45, 7) is 1.99. The first-order valence-electron chi connectivity index (χ1n) is 5.90. The van der Waals surface area contributed by atoms with E-state index < -0.39 is 12.1 Å². The van der Waals surface area contributed by atoms with Crippen molar-refractivity contribution in [1.29, 1.82) is 0 Å². The maximum Gasteiger partial charge on any atom is 0.337 e. The van der Waals surface area contributed by atoms with E-state index in [2.05, 4.69) is 5.32 Å². The van der Waals surface area contributed by atoms with Crippen molar-refractivity contribution in [2.24, 2.45) is 0 Å². The third kappa shape index (κ3) is 2.84. The number of aliphatic hydroxyl groups is 1. The van der Waals surface area contributed by atoms with Crippen LogP contribution < -0.4 is 5.32 Å². The van der Waals surface area contributed by atoms with Gasteiger partial charge in [-0.05, 0) is 43.0 Å². The van der Waals surface area contributed by atoms with Gasteiger partial charge in [-0.25, -0.2) is 4.79 Å². The van der Waals surface area contributed by atoms with Crippen LogP contribution in [0.25, 0.3) is 0 Å². The van der Waals surface area contributed by atoms with Gasteiger partial charge in [-0.15, -0.1) is 0 Å². The van der Waals surface area contributed by atoms with Gasteiger partial charge in [0.1, 0.15) is 0 Å². The molecule has 0 bridgehead atoms. The molecular formula is C13H17NO3. The number of hydrogen-bond acceptors (Lipinski definition) is 3. The minimum absolute atomic E-state index is 0.466. The zero-order valence-electron chi connectivity index (χ0n) is 9.60. The second-order valence-corrected chi connectivity index (χ2v) is 4.44. The average molecular weight is 235 g/mol. The zero-order chi connectivity index (χ0) is 12.3. The number of aliphatic carboxylic acids is 1. The molecule has 0 aromatic heterocycles. The highest BCUT2D eigenvalue weighted by Crippen LogP contribution is 2.27. The maximum atomic E-state index is 10.7. The second-order valence-electron chi connectivity index (χ2n) is 4.44. The Kier molecular flexibility index (Phi) is 3.76. The van der Waals surface area contributed by atoms with E-state index in [-0.39, 0.29) is 0 Å². The molecule has 17 heavy (non-hydrogen) atoms. The molecule has 0 saturated carbocycles. The molecule has 1 heterocycles.